The van der Waals surface area contributed by atoms with Crippen LogP contribution in [0.1, 0.15) is 17.2 Å². The van der Waals surface area contributed by atoms with Gasteiger partial charge in [-0.3, -0.25) is 0 Å². The number of benzene rings is 1. The molecule has 1 heterocycles. The minimum Gasteiger partial charge on any atom is -0.493 e. The predicted molar refractivity (Wildman–Crippen MR) is 68.9 cm³/mol. The molecule has 1 atom stereocenters. The molecule has 0 bridgehead atoms. The van der Waals surface area contributed by atoms with Crippen LogP contribution in [-0.2, 0) is 6.42 Å². The number of hydrogen-bond acceptors (Lipinski definition) is 4. The zero-order chi connectivity index (χ0) is 13.0. The van der Waals surface area contributed by atoms with E-state index in [4.69, 9.17) is 19.6 Å². The van der Waals surface area contributed by atoms with Gasteiger partial charge in [0.2, 0.25) is 0 Å². The number of ether oxygens (including phenoxy) is 2. The molecular formula is C14H17NO3. The largest absolute Gasteiger partial charge is 0.493 e. The fourth-order valence-electron chi connectivity index (χ4n) is 1.86. The third kappa shape index (κ3) is 2.65. The lowest BCUT2D eigenvalue weighted by Gasteiger charge is -2.14. The van der Waals surface area contributed by atoms with Crippen molar-refractivity contribution in [2.24, 2.45) is 5.73 Å². The highest BCUT2D eigenvalue weighted by molar-refractivity contribution is 5.44. The highest BCUT2D eigenvalue weighted by atomic mass is 16.5. The second-order valence-electron chi connectivity index (χ2n) is 4.06. The highest BCUT2D eigenvalue weighted by Crippen LogP contribution is 2.30. The minimum absolute atomic E-state index is 0.0950. The molecule has 0 fully saturated rings. The van der Waals surface area contributed by atoms with Crippen LogP contribution < -0.4 is 15.2 Å². The molecule has 0 saturated carbocycles. The molecule has 2 N–H and O–H groups in total. The van der Waals surface area contributed by atoms with Crippen molar-refractivity contribution in [1.29, 1.82) is 0 Å². The van der Waals surface area contributed by atoms with Gasteiger partial charge in [0.15, 0.2) is 11.5 Å². The van der Waals surface area contributed by atoms with Crippen molar-refractivity contribution in [3.8, 4) is 11.5 Å². The molecule has 1 aromatic heterocycles. The molecule has 1 unspecified atom stereocenters. The van der Waals surface area contributed by atoms with Crippen molar-refractivity contribution >= 4 is 0 Å². The van der Waals surface area contributed by atoms with Crippen molar-refractivity contribution in [3.63, 3.8) is 0 Å². The minimum atomic E-state index is -0.0950. The molecule has 0 aliphatic carbocycles. The van der Waals surface area contributed by atoms with Crippen LogP contribution in [0, 0.1) is 0 Å². The molecule has 0 radical (unpaired) electrons. The lowest BCUT2D eigenvalue weighted by Crippen LogP contribution is -2.13. The molecule has 0 saturated heterocycles. The summed E-state index contributed by atoms with van der Waals surface area (Å²) in [4.78, 5) is 0. The van der Waals surface area contributed by atoms with Crippen LogP contribution >= 0.6 is 0 Å². The van der Waals surface area contributed by atoms with E-state index in [0.717, 1.165) is 17.5 Å². The third-order valence-corrected chi connectivity index (χ3v) is 2.87. The summed E-state index contributed by atoms with van der Waals surface area (Å²) < 4.78 is 15.5. The second-order valence-corrected chi connectivity index (χ2v) is 4.06. The molecule has 1 aromatic carbocycles. The van der Waals surface area contributed by atoms with Gasteiger partial charge in [-0.1, -0.05) is 6.07 Å². The molecule has 96 valence electrons. The van der Waals surface area contributed by atoms with E-state index in [9.17, 15) is 0 Å². The van der Waals surface area contributed by atoms with Crippen LogP contribution in [0.4, 0.5) is 0 Å². The average molecular weight is 247 g/mol. The Hall–Kier alpha value is -1.94. The maximum Gasteiger partial charge on any atom is 0.161 e. The lowest BCUT2D eigenvalue weighted by molar-refractivity contribution is 0.354. The van der Waals surface area contributed by atoms with Gasteiger partial charge < -0.3 is 19.6 Å². The van der Waals surface area contributed by atoms with E-state index < -0.39 is 0 Å². The van der Waals surface area contributed by atoms with Crippen LogP contribution in [-0.4, -0.2) is 14.2 Å². The molecule has 4 heteroatoms. The van der Waals surface area contributed by atoms with Crippen LogP contribution in [0.15, 0.2) is 41.2 Å². The number of methoxy groups -OCH3 is 2. The first-order valence-electron chi connectivity index (χ1n) is 5.73. The fraction of sp³-hybridized carbons (Fsp3) is 0.286. The van der Waals surface area contributed by atoms with Crippen molar-refractivity contribution < 1.29 is 13.9 Å². The van der Waals surface area contributed by atoms with E-state index in [1.54, 1.807) is 26.7 Å². The van der Waals surface area contributed by atoms with Gasteiger partial charge in [-0.25, -0.2) is 0 Å². The highest BCUT2D eigenvalue weighted by Gasteiger charge is 2.11. The van der Waals surface area contributed by atoms with Gasteiger partial charge in [0.05, 0.1) is 26.7 Å². The SMILES string of the molecule is COc1ccc(C(N)Cc2ccoc2)cc1OC. The van der Waals surface area contributed by atoms with Crippen LogP contribution in [0.3, 0.4) is 0 Å². The van der Waals surface area contributed by atoms with E-state index in [0.29, 0.717) is 11.5 Å². The molecule has 0 spiro atoms. The number of rotatable bonds is 5. The first kappa shape index (κ1) is 12.5. The standard InChI is InChI=1S/C14H17NO3/c1-16-13-4-3-11(8-14(13)17-2)12(15)7-10-5-6-18-9-10/h3-6,8-9,12H,7,15H2,1-2H3. The summed E-state index contributed by atoms with van der Waals surface area (Å²) >= 11 is 0. The summed E-state index contributed by atoms with van der Waals surface area (Å²) in [7, 11) is 3.23. The Labute approximate surface area is 106 Å². The van der Waals surface area contributed by atoms with Crippen LogP contribution in [0.2, 0.25) is 0 Å². The smallest absolute Gasteiger partial charge is 0.161 e. The van der Waals surface area contributed by atoms with Gasteiger partial charge in [-0.05, 0) is 35.7 Å². The van der Waals surface area contributed by atoms with Gasteiger partial charge >= 0.3 is 0 Å². The first-order valence-corrected chi connectivity index (χ1v) is 5.73. The average Bonchev–Trinajstić information content (AvgIpc) is 2.90. The molecular weight excluding hydrogens is 230 g/mol. The Balaban J connectivity index is 2.17. The number of hydrogen-bond donors (Lipinski definition) is 1. The fourth-order valence-corrected chi connectivity index (χ4v) is 1.86. The Bertz CT molecular complexity index is 494. The van der Waals surface area contributed by atoms with E-state index in [1.807, 2.05) is 24.3 Å². The van der Waals surface area contributed by atoms with Gasteiger partial charge in [0.25, 0.3) is 0 Å². The second kappa shape index (κ2) is 5.60. The third-order valence-electron chi connectivity index (χ3n) is 2.87. The van der Waals surface area contributed by atoms with Crippen molar-refractivity contribution in [2.45, 2.75) is 12.5 Å². The molecule has 2 aromatic rings. The Kier molecular flexibility index (Phi) is 3.89. The molecule has 0 aliphatic rings. The lowest BCUT2D eigenvalue weighted by atomic mass is 10.0. The Morgan fingerprint density at radius 3 is 2.56 bits per heavy atom. The Morgan fingerprint density at radius 2 is 1.94 bits per heavy atom. The first-order chi connectivity index (χ1) is 8.74. The summed E-state index contributed by atoms with van der Waals surface area (Å²) in [5.74, 6) is 1.40. The van der Waals surface area contributed by atoms with Gasteiger partial charge in [0.1, 0.15) is 0 Å². The summed E-state index contributed by atoms with van der Waals surface area (Å²) in [6, 6.07) is 7.54. The molecule has 0 amide bonds. The number of furan rings is 1. The van der Waals surface area contributed by atoms with Gasteiger partial charge in [-0.2, -0.15) is 0 Å². The van der Waals surface area contributed by atoms with Gasteiger partial charge in [-0.15, -0.1) is 0 Å². The monoisotopic (exact) mass is 247 g/mol. The van der Waals surface area contributed by atoms with Crippen molar-refractivity contribution in [2.75, 3.05) is 14.2 Å². The van der Waals surface area contributed by atoms with E-state index in [1.165, 1.54) is 0 Å². The summed E-state index contributed by atoms with van der Waals surface area (Å²) in [6.07, 6.45) is 4.09. The Morgan fingerprint density at radius 1 is 1.17 bits per heavy atom. The molecule has 4 nitrogen and oxygen atoms in total. The maximum atomic E-state index is 6.16. The van der Waals surface area contributed by atoms with E-state index in [-0.39, 0.29) is 6.04 Å². The molecule has 2 rings (SSSR count). The topological polar surface area (TPSA) is 57.6 Å². The summed E-state index contributed by atoms with van der Waals surface area (Å²) in [5, 5.41) is 0. The quantitative estimate of drug-likeness (QED) is 0.882. The zero-order valence-corrected chi connectivity index (χ0v) is 10.6. The molecule has 18 heavy (non-hydrogen) atoms. The summed E-state index contributed by atoms with van der Waals surface area (Å²) in [6.45, 7) is 0. The zero-order valence-electron chi connectivity index (χ0n) is 10.6. The van der Waals surface area contributed by atoms with Crippen LogP contribution in [0.25, 0.3) is 0 Å². The molecule has 0 aliphatic heterocycles. The maximum absolute atomic E-state index is 6.16. The van der Waals surface area contributed by atoms with Crippen molar-refractivity contribution in [3.05, 3.63) is 47.9 Å². The predicted octanol–water partition coefficient (Wildman–Crippen LogP) is 2.54. The number of nitrogens with two attached hydrogens (primary N) is 1. The van der Waals surface area contributed by atoms with E-state index >= 15 is 0 Å². The normalized spacial score (nSPS) is 12.2. The van der Waals surface area contributed by atoms with Gasteiger partial charge in [0, 0.05) is 6.04 Å². The van der Waals surface area contributed by atoms with E-state index in [2.05, 4.69) is 0 Å². The summed E-state index contributed by atoms with van der Waals surface area (Å²) in [5.41, 5.74) is 8.25. The van der Waals surface area contributed by atoms with Crippen molar-refractivity contribution in [1.82, 2.24) is 0 Å². The van der Waals surface area contributed by atoms with Crippen LogP contribution in [0.5, 0.6) is 11.5 Å².